The van der Waals surface area contributed by atoms with Gasteiger partial charge in [0, 0.05) is 32.2 Å². The summed E-state index contributed by atoms with van der Waals surface area (Å²) in [5.41, 5.74) is 2.78. The lowest BCUT2D eigenvalue weighted by Gasteiger charge is -2.45. The fourth-order valence-electron chi connectivity index (χ4n) is 5.03. The largest absolute Gasteiger partial charge is 0.493 e. The van der Waals surface area contributed by atoms with Crippen molar-refractivity contribution in [2.24, 2.45) is 0 Å². The van der Waals surface area contributed by atoms with Crippen LogP contribution in [0.25, 0.3) is 0 Å². The van der Waals surface area contributed by atoms with Crippen LogP contribution in [-0.2, 0) is 11.2 Å². The summed E-state index contributed by atoms with van der Waals surface area (Å²) in [5.74, 6) is 1.79. The molecule has 0 spiro atoms. The van der Waals surface area contributed by atoms with Crippen molar-refractivity contribution >= 4 is 0 Å². The molecular formula is C23H36N2O3. The summed E-state index contributed by atoms with van der Waals surface area (Å²) in [6.45, 7) is 10.7. The molecule has 0 N–H and O–H groups in total. The maximum absolute atomic E-state index is 6.34. The summed E-state index contributed by atoms with van der Waals surface area (Å²) < 4.78 is 18.3. The highest BCUT2D eigenvalue weighted by Crippen LogP contribution is 2.43. The molecule has 3 unspecified atom stereocenters. The smallest absolute Gasteiger partial charge is 0.161 e. The first-order valence-corrected chi connectivity index (χ1v) is 10.8. The molecule has 2 fully saturated rings. The molecule has 1 aromatic carbocycles. The molecule has 0 aliphatic carbocycles. The van der Waals surface area contributed by atoms with Gasteiger partial charge in [0.05, 0.1) is 18.8 Å². The van der Waals surface area contributed by atoms with Crippen LogP contribution in [-0.4, -0.2) is 67.9 Å². The molecule has 0 saturated carbocycles. The Morgan fingerprint density at radius 2 is 1.79 bits per heavy atom. The van der Waals surface area contributed by atoms with E-state index in [4.69, 9.17) is 14.2 Å². The van der Waals surface area contributed by atoms with Gasteiger partial charge in [0.1, 0.15) is 6.10 Å². The molecule has 0 bridgehead atoms. The van der Waals surface area contributed by atoms with E-state index in [0.717, 1.165) is 63.4 Å². The molecule has 3 aliphatic rings. The molecule has 3 heterocycles. The van der Waals surface area contributed by atoms with Crippen LogP contribution in [0.5, 0.6) is 11.5 Å². The van der Waals surface area contributed by atoms with Crippen molar-refractivity contribution < 1.29 is 14.2 Å². The molecule has 0 aromatic heterocycles. The molecule has 0 radical (unpaired) electrons. The van der Waals surface area contributed by atoms with E-state index < -0.39 is 0 Å². The van der Waals surface area contributed by atoms with Crippen molar-refractivity contribution in [3.8, 4) is 11.5 Å². The Balaban J connectivity index is 1.51. The maximum Gasteiger partial charge on any atom is 0.161 e. The Labute approximate surface area is 169 Å². The number of likely N-dealkylation sites (N-methyl/N-ethyl adjacent to an activating group) is 1. The van der Waals surface area contributed by atoms with Crippen LogP contribution in [0.2, 0.25) is 0 Å². The maximum atomic E-state index is 6.34. The lowest BCUT2D eigenvalue weighted by molar-refractivity contribution is -0.0971. The fourth-order valence-corrected chi connectivity index (χ4v) is 5.03. The summed E-state index contributed by atoms with van der Waals surface area (Å²) >= 11 is 0. The highest BCUT2D eigenvalue weighted by molar-refractivity contribution is 5.49. The Hall–Kier alpha value is -1.30. The third-order valence-electron chi connectivity index (χ3n) is 6.26. The summed E-state index contributed by atoms with van der Waals surface area (Å²) in [5, 5.41) is 0. The predicted octanol–water partition coefficient (Wildman–Crippen LogP) is 3.65. The topological polar surface area (TPSA) is 34.2 Å². The van der Waals surface area contributed by atoms with Gasteiger partial charge in [0.15, 0.2) is 11.5 Å². The average molecular weight is 389 g/mol. The molecule has 28 heavy (non-hydrogen) atoms. The second-order valence-electron chi connectivity index (χ2n) is 9.68. The zero-order valence-corrected chi connectivity index (χ0v) is 18.2. The molecule has 4 rings (SSSR count). The van der Waals surface area contributed by atoms with Crippen LogP contribution in [0, 0.1) is 0 Å². The number of methoxy groups -OCH3 is 1. The highest BCUT2D eigenvalue weighted by atomic mass is 16.5. The minimum atomic E-state index is -0.0744. The first-order valence-electron chi connectivity index (χ1n) is 10.8. The van der Waals surface area contributed by atoms with Crippen molar-refractivity contribution in [1.29, 1.82) is 0 Å². The Kier molecular flexibility index (Phi) is 5.60. The molecule has 156 valence electrons. The van der Waals surface area contributed by atoms with Gasteiger partial charge in [0.2, 0.25) is 0 Å². The first kappa shape index (κ1) is 20.0. The predicted molar refractivity (Wildman–Crippen MR) is 111 cm³/mol. The van der Waals surface area contributed by atoms with E-state index in [9.17, 15) is 0 Å². The van der Waals surface area contributed by atoms with Gasteiger partial charge in [-0.1, -0.05) is 0 Å². The molecule has 3 aliphatic heterocycles. The number of likely N-dealkylation sites (tertiary alicyclic amines) is 1. The average Bonchev–Trinajstić information content (AvgIpc) is 3.04. The summed E-state index contributed by atoms with van der Waals surface area (Å²) in [6, 6.07) is 4.97. The molecule has 5 nitrogen and oxygen atoms in total. The van der Waals surface area contributed by atoms with Crippen LogP contribution < -0.4 is 9.47 Å². The number of ether oxygens (including phenoxy) is 3. The van der Waals surface area contributed by atoms with Gasteiger partial charge in [-0.15, -0.1) is 0 Å². The van der Waals surface area contributed by atoms with E-state index in [2.05, 4.69) is 49.8 Å². The zero-order chi connectivity index (χ0) is 19.9. The van der Waals surface area contributed by atoms with Gasteiger partial charge in [-0.2, -0.15) is 0 Å². The second kappa shape index (κ2) is 7.85. The molecule has 3 atom stereocenters. The van der Waals surface area contributed by atoms with E-state index >= 15 is 0 Å². The summed E-state index contributed by atoms with van der Waals surface area (Å²) in [6.07, 6.45) is 5.02. The summed E-state index contributed by atoms with van der Waals surface area (Å²) in [4.78, 5) is 4.93. The van der Waals surface area contributed by atoms with E-state index in [-0.39, 0.29) is 11.7 Å². The lowest BCUT2D eigenvalue weighted by Crippen LogP contribution is -2.47. The quantitative estimate of drug-likeness (QED) is 0.786. The standard InChI is InChI=1S/C23H36N2O3/c1-23(2,3)28-18-6-7-20-19-13-21(26-5)22(27-17-9-10-24(4)14-17)12-16(19)8-11-25(20)15-18/h12-13,17-18,20H,6-11,14-15H2,1-5H3. The van der Waals surface area contributed by atoms with Crippen LogP contribution >= 0.6 is 0 Å². The van der Waals surface area contributed by atoms with E-state index in [1.54, 1.807) is 7.11 Å². The van der Waals surface area contributed by atoms with Crippen molar-refractivity contribution in [3.63, 3.8) is 0 Å². The van der Waals surface area contributed by atoms with Gasteiger partial charge in [0.25, 0.3) is 0 Å². The number of benzene rings is 1. The highest BCUT2D eigenvalue weighted by Gasteiger charge is 2.36. The summed E-state index contributed by atoms with van der Waals surface area (Å²) in [7, 11) is 3.91. The molecule has 5 heteroatoms. The number of hydrogen-bond acceptors (Lipinski definition) is 5. The van der Waals surface area contributed by atoms with Crippen LogP contribution in [0.4, 0.5) is 0 Å². The van der Waals surface area contributed by atoms with Gasteiger partial charge in [-0.3, -0.25) is 4.90 Å². The SMILES string of the molecule is COc1cc2c(cc1OC1CCN(C)C1)CCN1CC(OC(C)(C)C)CCC21. The van der Waals surface area contributed by atoms with E-state index in [1.165, 1.54) is 11.1 Å². The van der Waals surface area contributed by atoms with Gasteiger partial charge in [-0.25, -0.2) is 0 Å². The number of fused-ring (bicyclic) bond motifs is 3. The third-order valence-corrected chi connectivity index (χ3v) is 6.26. The number of piperidine rings is 1. The van der Waals surface area contributed by atoms with Crippen molar-refractivity contribution in [2.75, 3.05) is 40.3 Å². The fraction of sp³-hybridized carbons (Fsp3) is 0.739. The number of rotatable bonds is 4. The van der Waals surface area contributed by atoms with Crippen molar-refractivity contribution in [1.82, 2.24) is 9.80 Å². The van der Waals surface area contributed by atoms with E-state index in [0.29, 0.717) is 12.1 Å². The minimum Gasteiger partial charge on any atom is -0.493 e. The van der Waals surface area contributed by atoms with Crippen LogP contribution in [0.15, 0.2) is 12.1 Å². The monoisotopic (exact) mass is 388 g/mol. The number of hydrogen-bond donors (Lipinski definition) is 0. The van der Waals surface area contributed by atoms with Crippen molar-refractivity contribution in [3.05, 3.63) is 23.3 Å². The Morgan fingerprint density at radius 1 is 0.964 bits per heavy atom. The third kappa shape index (κ3) is 4.32. The second-order valence-corrected chi connectivity index (χ2v) is 9.68. The first-order chi connectivity index (χ1) is 13.3. The lowest BCUT2D eigenvalue weighted by atomic mass is 9.85. The minimum absolute atomic E-state index is 0.0744. The van der Waals surface area contributed by atoms with Crippen molar-refractivity contribution in [2.45, 2.75) is 70.3 Å². The van der Waals surface area contributed by atoms with Gasteiger partial charge >= 0.3 is 0 Å². The van der Waals surface area contributed by atoms with E-state index in [1.807, 2.05) is 0 Å². The molecule has 1 aromatic rings. The normalized spacial score (nSPS) is 28.7. The molecular weight excluding hydrogens is 352 g/mol. The molecule has 2 saturated heterocycles. The number of nitrogens with zero attached hydrogens (tertiary/aromatic N) is 2. The Morgan fingerprint density at radius 3 is 2.46 bits per heavy atom. The Bertz CT molecular complexity index is 700. The van der Waals surface area contributed by atoms with Gasteiger partial charge in [-0.05, 0) is 76.8 Å². The van der Waals surface area contributed by atoms with Crippen LogP contribution in [0.1, 0.15) is 57.2 Å². The van der Waals surface area contributed by atoms with Gasteiger partial charge < -0.3 is 19.1 Å². The van der Waals surface area contributed by atoms with Crippen LogP contribution in [0.3, 0.4) is 0 Å². The zero-order valence-electron chi connectivity index (χ0n) is 18.2. The molecule has 0 amide bonds.